The molecule has 1 aromatic heterocycles. The van der Waals surface area contributed by atoms with Crippen LogP contribution in [-0.2, 0) is 6.54 Å². The van der Waals surface area contributed by atoms with Crippen LogP contribution < -0.4 is 16.2 Å². The molecular weight excluding hydrogens is 276 g/mol. The zero-order chi connectivity index (χ0) is 13.9. The van der Waals surface area contributed by atoms with Gasteiger partial charge in [0.05, 0.1) is 11.2 Å². The van der Waals surface area contributed by atoms with Crippen molar-refractivity contribution in [3.8, 4) is 0 Å². The molecule has 2 N–H and O–H groups in total. The van der Waals surface area contributed by atoms with Crippen LogP contribution in [0.25, 0.3) is 0 Å². The fourth-order valence-electron chi connectivity index (χ4n) is 2.64. The van der Waals surface area contributed by atoms with Crippen LogP contribution in [0.2, 0.25) is 5.02 Å². The molecule has 1 aliphatic heterocycles. The van der Waals surface area contributed by atoms with Crippen molar-refractivity contribution in [2.24, 2.45) is 5.92 Å². The molecule has 1 aliphatic carbocycles. The summed E-state index contributed by atoms with van der Waals surface area (Å²) in [5, 5.41) is 11.3. The van der Waals surface area contributed by atoms with E-state index in [2.05, 4.69) is 15.7 Å². The normalized spacial score (nSPS) is 23.4. The molecule has 0 aromatic carbocycles. The molecule has 2 fully saturated rings. The van der Waals surface area contributed by atoms with Gasteiger partial charge in [-0.25, -0.2) is 4.68 Å². The van der Waals surface area contributed by atoms with Crippen molar-refractivity contribution >= 4 is 17.3 Å². The fraction of sp³-hybridized carbons (Fsp3) is 0.714. The largest absolute Gasteiger partial charge is 0.376 e. The summed E-state index contributed by atoms with van der Waals surface area (Å²) in [6, 6.07) is 0.312. The highest BCUT2D eigenvalue weighted by Gasteiger charge is 2.24. The van der Waals surface area contributed by atoms with E-state index in [1.54, 1.807) is 10.9 Å². The Kier molecular flexibility index (Phi) is 4.27. The van der Waals surface area contributed by atoms with Crippen LogP contribution in [0.15, 0.2) is 11.0 Å². The summed E-state index contributed by atoms with van der Waals surface area (Å²) in [6.07, 6.45) is 7.19. The van der Waals surface area contributed by atoms with E-state index in [1.165, 1.54) is 12.8 Å². The summed E-state index contributed by atoms with van der Waals surface area (Å²) in [5.74, 6) is 0.622. The molecule has 1 aromatic rings. The second-order valence-corrected chi connectivity index (χ2v) is 6.23. The monoisotopic (exact) mass is 296 g/mol. The van der Waals surface area contributed by atoms with Gasteiger partial charge >= 0.3 is 0 Å². The van der Waals surface area contributed by atoms with E-state index in [0.29, 0.717) is 22.7 Å². The summed E-state index contributed by atoms with van der Waals surface area (Å²) in [5.41, 5.74) is 0.441. The van der Waals surface area contributed by atoms with Crippen molar-refractivity contribution in [3.63, 3.8) is 0 Å². The van der Waals surface area contributed by atoms with Gasteiger partial charge in [-0.3, -0.25) is 4.79 Å². The van der Waals surface area contributed by atoms with Crippen LogP contribution in [0.5, 0.6) is 0 Å². The van der Waals surface area contributed by atoms with E-state index >= 15 is 0 Å². The van der Waals surface area contributed by atoms with Gasteiger partial charge in [-0.15, -0.1) is 0 Å². The van der Waals surface area contributed by atoms with Gasteiger partial charge in [-0.05, 0) is 51.1 Å². The van der Waals surface area contributed by atoms with Crippen LogP contribution in [0.3, 0.4) is 0 Å². The number of hydrogen-bond donors (Lipinski definition) is 2. The lowest BCUT2D eigenvalue weighted by molar-refractivity contribution is 0.532. The van der Waals surface area contributed by atoms with Crippen molar-refractivity contribution in [3.05, 3.63) is 21.6 Å². The molecule has 0 spiro atoms. The standard InChI is InChI=1S/C14H21ClN4O/c15-12-8-17-19(9-10-3-4-10)14(20)13(12)18-11-2-1-6-16-7-5-11/h8,10-11,16,18H,1-7,9H2. The lowest BCUT2D eigenvalue weighted by Crippen LogP contribution is -2.31. The zero-order valence-corrected chi connectivity index (χ0v) is 12.3. The van der Waals surface area contributed by atoms with Gasteiger partial charge in [0, 0.05) is 12.6 Å². The van der Waals surface area contributed by atoms with E-state index in [0.717, 1.165) is 38.9 Å². The Balaban J connectivity index is 1.77. The molecule has 2 aliphatic rings. The van der Waals surface area contributed by atoms with E-state index in [-0.39, 0.29) is 5.56 Å². The molecule has 2 heterocycles. The van der Waals surface area contributed by atoms with Crippen molar-refractivity contribution < 1.29 is 0 Å². The average molecular weight is 297 g/mol. The molecule has 1 saturated heterocycles. The Bertz CT molecular complexity index is 518. The maximum absolute atomic E-state index is 12.5. The third kappa shape index (κ3) is 3.33. The molecule has 1 atom stereocenters. The molecule has 5 nitrogen and oxygen atoms in total. The topological polar surface area (TPSA) is 59.0 Å². The quantitative estimate of drug-likeness (QED) is 0.890. The minimum Gasteiger partial charge on any atom is -0.376 e. The molecule has 20 heavy (non-hydrogen) atoms. The van der Waals surface area contributed by atoms with Gasteiger partial charge in [0.25, 0.3) is 5.56 Å². The van der Waals surface area contributed by atoms with E-state index in [4.69, 9.17) is 11.6 Å². The molecule has 6 heteroatoms. The fourth-order valence-corrected chi connectivity index (χ4v) is 2.82. The van der Waals surface area contributed by atoms with Gasteiger partial charge in [0.15, 0.2) is 0 Å². The first kappa shape index (κ1) is 13.9. The van der Waals surface area contributed by atoms with Crippen LogP contribution in [0.4, 0.5) is 5.69 Å². The maximum atomic E-state index is 12.5. The van der Waals surface area contributed by atoms with Crippen molar-refractivity contribution in [2.45, 2.75) is 44.7 Å². The lowest BCUT2D eigenvalue weighted by atomic mass is 10.1. The Labute approximate surface area is 123 Å². The SMILES string of the molecule is O=c1c(NC2CCCNCC2)c(Cl)cnn1CC1CC1. The molecule has 3 rings (SSSR count). The first-order valence-corrected chi connectivity index (χ1v) is 7.84. The van der Waals surface area contributed by atoms with Gasteiger partial charge in [-0.2, -0.15) is 5.10 Å². The number of hydrogen-bond acceptors (Lipinski definition) is 4. The van der Waals surface area contributed by atoms with E-state index in [9.17, 15) is 4.79 Å². The molecule has 0 amide bonds. The van der Waals surface area contributed by atoms with E-state index in [1.807, 2.05) is 0 Å². The smallest absolute Gasteiger partial charge is 0.291 e. The number of halogens is 1. The molecular formula is C14H21ClN4O. The van der Waals surface area contributed by atoms with E-state index < -0.39 is 0 Å². The minimum absolute atomic E-state index is 0.0818. The Hall–Kier alpha value is -1.07. The third-order valence-electron chi connectivity index (χ3n) is 4.05. The number of anilines is 1. The average Bonchev–Trinajstić information content (AvgIpc) is 3.25. The highest BCUT2D eigenvalue weighted by molar-refractivity contribution is 6.33. The highest BCUT2D eigenvalue weighted by atomic mass is 35.5. The van der Waals surface area contributed by atoms with Crippen molar-refractivity contribution in [2.75, 3.05) is 18.4 Å². The first-order chi connectivity index (χ1) is 9.74. The number of aromatic nitrogens is 2. The predicted octanol–water partition coefficient (Wildman–Crippen LogP) is 1.86. The van der Waals surface area contributed by atoms with Crippen LogP contribution in [0.1, 0.15) is 32.1 Å². The molecule has 0 bridgehead atoms. The minimum atomic E-state index is -0.0818. The first-order valence-electron chi connectivity index (χ1n) is 7.47. The number of nitrogens with one attached hydrogen (secondary N) is 2. The van der Waals surface area contributed by atoms with Crippen LogP contribution in [-0.4, -0.2) is 28.9 Å². The summed E-state index contributed by atoms with van der Waals surface area (Å²) in [6.45, 7) is 2.75. The summed E-state index contributed by atoms with van der Waals surface area (Å²) < 4.78 is 1.56. The van der Waals surface area contributed by atoms with Gasteiger partial charge in [0.2, 0.25) is 0 Å². The van der Waals surface area contributed by atoms with Gasteiger partial charge in [-0.1, -0.05) is 11.6 Å². The highest BCUT2D eigenvalue weighted by Crippen LogP contribution is 2.30. The molecule has 1 saturated carbocycles. The Morgan fingerprint density at radius 3 is 3.00 bits per heavy atom. The van der Waals surface area contributed by atoms with Crippen molar-refractivity contribution in [1.82, 2.24) is 15.1 Å². The Morgan fingerprint density at radius 2 is 2.20 bits per heavy atom. The maximum Gasteiger partial charge on any atom is 0.291 e. The second-order valence-electron chi connectivity index (χ2n) is 5.82. The van der Waals surface area contributed by atoms with Crippen LogP contribution in [0, 0.1) is 5.92 Å². The lowest BCUT2D eigenvalue weighted by Gasteiger charge is -2.18. The molecule has 0 radical (unpaired) electrons. The van der Waals surface area contributed by atoms with Crippen molar-refractivity contribution in [1.29, 1.82) is 0 Å². The second kappa shape index (κ2) is 6.14. The molecule has 1 unspecified atom stereocenters. The van der Waals surface area contributed by atoms with Gasteiger partial charge < -0.3 is 10.6 Å². The third-order valence-corrected chi connectivity index (χ3v) is 4.34. The summed E-state index contributed by atoms with van der Waals surface area (Å²) in [7, 11) is 0. The number of nitrogens with zero attached hydrogens (tertiary/aromatic N) is 2. The zero-order valence-electron chi connectivity index (χ0n) is 11.6. The predicted molar refractivity (Wildman–Crippen MR) is 80.4 cm³/mol. The summed E-state index contributed by atoms with van der Waals surface area (Å²) >= 11 is 6.16. The van der Waals surface area contributed by atoms with Crippen LogP contribution >= 0.6 is 11.6 Å². The number of rotatable bonds is 4. The van der Waals surface area contributed by atoms with Gasteiger partial charge in [0.1, 0.15) is 5.69 Å². The Morgan fingerprint density at radius 1 is 1.35 bits per heavy atom. The molecule has 110 valence electrons. The summed E-state index contributed by atoms with van der Waals surface area (Å²) in [4.78, 5) is 12.5.